The summed E-state index contributed by atoms with van der Waals surface area (Å²) in [5, 5.41) is 0. The molecule has 1 saturated heterocycles. The Balaban J connectivity index is 1.81. The molecule has 2 rings (SSSR count). The molecule has 0 bridgehead atoms. The molecule has 1 atom stereocenters. The first kappa shape index (κ1) is 14.2. The van der Waals surface area contributed by atoms with Crippen molar-refractivity contribution in [3.63, 3.8) is 0 Å². The van der Waals surface area contributed by atoms with Gasteiger partial charge in [-0.2, -0.15) is 0 Å². The lowest BCUT2D eigenvalue weighted by molar-refractivity contribution is 0.0977. The van der Waals surface area contributed by atoms with Crippen molar-refractivity contribution in [2.75, 3.05) is 13.2 Å². The Bertz CT molecular complexity index is 397. The van der Waals surface area contributed by atoms with Crippen LogP contribution in [0.15, 0.2) is 12.1 Å². The number of hydrogen-bond donors (Lipinski definition) is 1. The van der Waals surface area contributed by atoms with Gasteiger partial charge in [-0.3, -0.25) is 0 Å². The molecule has 0 amide bonds. The maximum atomic E-state index is 13.6. The molecule has 1 aromatic rings. The van der Waals surface area contributed by atoms with Crippen molar-refractivity contribution in [3.8, 4) is 5.75 Å². The van der Waals surface area contributed by atoms with Crippen LogP contribution in [0.3, 0.4) is 0 Å². The van der Waals surface area contributed by atoms with Gasteiger partial charge in [-0.25, -0.2) is 8.78 Å². The zero-order chi connectivity index (χ0) is 13.7. The standard InChI is InChI=1S/C14H19F2NO2/c15-12-7-10(9-17)8-13(16)14(12)19-6-2-4-11-3-1-5-18-11/h7-8,11H,1-6,9,17H2. The molecule has 1 unspecified atom stereocenters. The summed E-state index contributed by atoms with van der Waals surface area (Å²) in [7, 11) is 0. The zero-order valence-electron chi connectivity index (χ0n) is 10.8. The average molecular weight is 271 g/mol. The van der Waals surface area contributed by atoms with Crippen LogP contribution in [-0.4, -0.2) is 19.3 Å². The number of hydrogen-bond acceptors (Lipinski definition) is 3. The minimum atomic E-state index is -0.697. The van der Waals surface area contributed by atoms with Gasteiger partial charge >= 0.3 is 0 Å². The molecular formula is C14H19F2NO2. The molecule has 0 saturated carbocycles. The maximum Gasteiger partial charge on any atom is 0.190 e. The fourth-order valence-electron chi connectivity index (χ4n) is 2.23. The quantitative estimate of drug-likeness (QED) is 0.809. The van der Waals surface area contributed by atoms with E-state index in [1.54, 1.807) is 0 Å². The molecule has 1 aliphatic rings. The molecule has 0 spiro atoms. The molecule has 1 fully saturated rings. The highest BCUT2D eigenvalue weighted by Gasteiger charge is 2.16. The minimum absolute atomic E-state index is 0.104. The maximum absolute atomic E-state index is 13.6. The zero-order valence-corrected chi connectivity index (χ0v) is 10.8. The van der Waals surface area contributed by atoms with Gasteiger partial charge in [0.1, 0.15) is 0 Å². The third-order valence-electron chi connectivity index (χ3n) is 3.23. The minimum Gasteiger partial charge on any atom is -0.488 e. The summed E-state index contributed by atoms with van der Waals surface area (Å²) in [6.45, 7) is 1.21. The van der Waals surface area contributed by atoms with Crippen LogP contribution in [0.5, 0.6) is 5.75 Å². The first-order chi connectivity index (χ1) is 9.20. The summed E-state index contributed by atoms with van der Waals surface area (Å²) in [4.78, 5) is 0. The Morgan fingerprint density at radius 3 is 2.63 bits per heavy atom. The van der Waals surface area contributed by atoms with Gasteiger partial charge in [-0.15, -0.1) is 0 Å². The first-order valence-corrected chi connectivity index (χ1v) is 6.63. The summed E-state index contributed by atoms with van der Waals surface area (Å²) >= 11 is 0. The van der Waals surface area contributed by atoms with Crippen LogP contribution >= 0.6 is 0 Å². The highest BCUT2D eigenvalue weighted by Crippen LogP contribution is 2.24. The summed E-state index contributed by atoms with van der Waals surface area (Å²) in [5.41, 5.74) is 5.76. The van der Waals surface area contributed by atoms with Crippen LogP contribution < -0.4 is 10.5 Å². The lowest BCUT2D eigenvalue weighted by atomic mass is 10.1. The predicted octanol–water partition coefficient (Wildman–Crippen LogP) is 2.76. The fraction of sp³-hybridized carbons (Fsp3) is 0.571. The van der Waals surface area contributed by atoms with Crippen LogP contribution in [0.25, 0.3) is 0 Å². The molecule has 2 N–H and O–H groups in total. The van der Waals surface area contributed by atoms with Crippen LogP contribution in [0.4, 0.5) is 8.78 Å². The van der Waals surface area contributed by atoms with E-state index in [0.29, 0.717) is 5.56 Å². The molecular weight excluding hydrogens is 252 g/mol. The van der Waals surface area contributed by atoms with Gasteiger partial charge in [-0.05, 0) is 43.4 Å². The van der Waals surface area contributed by atoms with Gasteiger partial charge < -0.3 is 15.2 Å². The van der Waals surface area contributed by atoms with Crippen molar-refractivity contribution in [2.24, 2.45) is 5.73 Å². The third kappa shape index (κ3) is 3.88. The Labute approximate surface area is 111 Å². The van der Waals surface area contributed by atoms with E-state index in [1.807, 2.05) is 0 Å². The molecule has 0 aromatic heterocycles. The van der Waals surface area contributed by atoms with Crippen molar-refractivity contribution in [3.05, 3.63) is 29.3 Å². The van der Waals surface area contributed by atoms with E-state index in [9.17, 15) is 8.78 Å². The van der Waals surface area contributed by atoms with E-state index in [4.69, 9.17) is 15.2 Å². The Hall–Kier alpha value is -1.20. The highest BCUT2D eigenvalue weighted by atomic mass is 19.1. The second kappa shape index (κ2) is 6.82. The average Bonchev–Trinajstić information content (AvgIpc) is 2.89. The molecule has 0 radical (unpaired) electrons. The third-order valence-corrected chi connectivity index (χ3v) is 3.23. The summed E-state index contributed by atoms with van der Waals surface area (Å²) in [5.74, 6) is -1.71. The van der Waals surface area contributed by atoms with Crippen molar-refractivity contribution in [1.82, 2.24) is 0 Å². The molecule has 19 heavy (non-hydrogen) atoms. The van der Waals surface area contributed by atoms with Crippen LogP contribution in [0, 0.1) is 11.6 Å². The number of nitrogens with two attached hydrogens (primary N) is 1. The second-order valence-corrected chi connectivity index (χ2v) is 4.72. The lowest BCUT2D eigenvalue weighted by Gasteiger charge is -2.11. The van der Waals surface area contributed by atoms with Crippen LogP contribution in [-0.2, 0) is 11.3 Å². The summed E-state index contributed by atoms with van der Waals surface area (Å²) in [6.07, 6.45) is 4.02. The molecule has 3 nitrogen and oxygen atoms in total. The lowest BCUT2D eigenvalue weighted by Crippen LogP contribution is -2.09. The SMILES string of the molecule is NCc1cc(F)c(OCCCC2CCCO2)c(F)c1. The van der Waals surface area contributed by atoms with Gasteiger partial charge in [0.25, 0.3) is 0 Å². The molecule has 1 heterocycles. The molecule has 0 aliphatic carbocycles. The van der Waals surface area contributed by atoms with E-state index in [-0.39, 0.29) is 25.0 Å². The second-order valence-electron chi connectivity index (χ2n) is 4.72. The fourth-order valence-corrected chi connectivity index (χ4v) is 2.23. The van der Waals surface area contributed by atoms with Gasteiger partial charge in [-0.1, -0.05) is 0 Å². The van der Waals surface area contributed by atoms with Crippen molar-refractivity contribution >= 4 is 0 Å². The van der Waals surface area contributed by atoms with Gasteiger partial charge in [0, 0.05) is 13.2 Å². The van der Waals surface area contributed by atoms with Crippen molar-refractivity contribution in [1.29, 1.82) is 0 Å². The Kier molecular flexibility index (Phi) is 5.10. The Morgan fingerprint density at radius 2 is 2.05 bits per heavy atom. The number of halogens is 2. The van der Waals surface area contributed by atoms with E-state index in [0.717, 1.165) is 32.3 Å². The van der Waals surface area contributed by atoms with E-state index < -0.39 is 11.6 Å². The number of ether oxygens (including phenoxy) is 2. The van der Waals surface area contributed by atoms with Gasteiger partial charge in [0.15, 0.2) is 17.4 Å². The Morgan fingerprint density at radius 1 is 1.32 bits per heavy atom. The van der Waals surface area contributed by atoms with Crippen LogP contribution in [0.1, 0.15) is 31.2 Å². The number of rotatable bonds is 6. The van der Waals surface area contributed by atoms with Crippen LogP contribution in [0.2, 0.25) is 0 Å². The largest absolute Gasteiger partial charge is 0.488 e. The predicted molar refractivity (Wildman–Crippen MR) is 68.0 cm³/mol. The number of benzene rings is 1. The highest BCUT2D eigenvalue weighted by molar-refractivity contribution is 5.31. The topological polar surface area (TPSA) is 44.5 Å². The van der Waals surface area contributed by atoms with Gasteiger partial charge in [0.2, 0.25) is 0 Å². The van der Waals surface area contributed by atoms with E-state index in [1.165, 1.54) is 12.1 Å². The van der Waals surface area contributed by atoms with Crippen molar-refractivity contribution in [2.45, 2.75) is 38.3 Å². The van der Waals surface area contributed by atoms with E-state index >= 15 is 0 Å². The summed E-state index contributed by atoms with van der Waals surface area (Å²) < 4.78 is 37.8. The van der Waals surface area contributed by atoms with Crippen molar-refractivity contribution < 1.29 is 18.3 Å². The van der Waals surface area contributed by atoms with E-state index in [2.05, 4.69) is 0 Å². The monoisotopic (exact) mass is 271 g/mol. The molecule has 5 heteroatoms. The molecule has 1 aliphatic heterocycles. The molecule has 106 valence electrons. The molecule has 1 aromatic carbocycles. The normalized spacial score (nSPS) is 18.8. The first-order valence-electron chi connectivity index (χ1n) is 6.63. The van der Waals surface area contributed by atoms with Gasteiger partial charge in [0.05, 0.1) is 12.7 Å². The smallest absolute Gasteiger partial charge is 0.190 e. The summed E-state index contributed by atoms with van der Waals surface area (Å²) in [6, 6.07) is 2.41.